The molecule has 0 fully saturated rings. The minimum atomic E-state index is -0.867. The molecular formula is C70H61N4OPt-3. The van der Waals surface area contributed by atoms with E-state index in [0.717, 1.165) is 22.6 Å². The van der Waals surface area contributed by atoms with Gasteiger partial charge in [0, 0.05) is 67.0 Å². The van der Waals surface area contributed by atoms with Crippen LogP contribution in [0.3, 0.4) is 0 Å². The van der Waals surface area contributed by atoms with Gasteiger partial charge in [-0.2, -0.15) is 18.8 Å². The summed E-state index contributed by atoms with van der Waals surface area (Å²) in [4.78, 5) is 9.68. The van der Waals surface area contributed by atoms with Crippen molar-refractivity contribution in [3.05, 3.63) is 263 Å². The van der Waals surface area contributed by atoms with Crippen LogP contribution < -0.4 is 14.5 Å². The molecule has 0 saturated heterocycles. The van der Waals surface area contributed by atoms with Gasteiger partial charge in [0.15, 0.2) is 0 Å². The van der Waals surface area contributed by atoms with Crippen LogP contribution in [-0.2, 0) is 42.8 Å². The zero-order valence-corrected chi connectivity index (χ0v) is 46.6. The average Bonchev–Trinajstić information content (AvgIpc) is 2.66. The number of pyridine rings is 1. The largest absolute Gasteiger partial charge is 0.509 e. The molecular weight excluding hydrogens is 1110 g/mol. The predicted molar refractivity (Wildman–Crippen MR) is 306 cm³/mol. The summed E-state index contributed by atoms with van der Waals surface area (Å²) < 4.78 is 44.2. The Bertz CT molecular complexity index is 4120. The normalized spacial score (nSPS) is 21.8. The zero-order chi connectivity index (χ0) is 54.9. The summed E-state index contributed by atoms with van der Waals surface area (Å²) in [7, 11) is 0. The molecule has 0 unspecified atom stereocenters. The van der Waals surface area contributed by atoms with E-state index in [-0.39, 0.29) is 62.0 Å². The van der Waals surface area contributed by atoms with Crippen molar-refractivity contribution in [2.75, 3.05) is 9.80 Å². The van der Waals surface area contributed by atoms with Gasteiger partial charge < -0.3 is 19.1 Å². The Morgan fingerprint density at radius 1 is 0.579 bits per heavy atom. The van der Waals surface area contributed by atoms with Gasteiger partial charge in [0.05, 0.1) is 16.4 Å². The molecule has 0 amide bonds. The summed E-state index contributed by atoms with van der Waals surface area (Å²) in [5.41, 5.74) is 12.7. The third kappa shape index (κ3) is 6.15. The van der Waals surface area contributed by atoms with Crippen LogP contribution in [0, 0.1) is 29.6 Å². The van der Waals surface area contributed by atoms with Crippen LogP contribution in [-0.4, -0.2) is 9.55 Å². The summed E-state index contributed by atoms with van der Waals surface area (Å²) in [5.74, 6) is 1.38. The summed E-state index contributed by atoms with van der Waals surface area (Å²) in [6.45, 7) is 23.5. The van der Waals surface area contributed by atoms with E-state index >= 15 is 0 Å². The molecule has 1 aliphatic heterocycles. The van der Waals surface area contributed by atoms with Crippen molar-refractivity contribution in [2.24, 2.45) is 10.8 Å². The predicted octanol–water partition coefficient (Wildman–Crippen LogP) is 17.0. The molecule has 5 nitrogen and oxygen atoms in total. The molecule has 380 valence electrons. The second-order valence-corrected chi connectivity index (χ2v) is 24.1. The third-order valence-corrected chi connectivity index (χ3v) is 17.5. The average molecular weight is 1170 g/mol. The van der Waals surface area contributed by atoms with Crippen LogP contribution in [0.1, 0.15) is 124 Å². The number of ether oxygens (including phenoxy) is 1. The second-order valence-electron chi connectivity index (χ2n) is 24.1. The van der Waals surface area contributed by atoms with E-state index in [1.807, 2.05) is 36.4 Å². The smallest absolute Gasteiger partial charge is 0.135 e. The Kier molecular flexibility index (Phi) is 9.63. The van der Waals surface area contributed by atoms with E-state index < -0.39 is 21.8 Å². The number of benzene rings is 8. The van der Waals surface area contributed by atoms with Crippen molar-refractivity contribution in [3.8, 4) is 17.3 Å². The zero-order valence-electron chi connectivity index (χ0n) is 48.3. The fourth-order valence-corrected chi connectivity index (χ4v) is 14.9. The standard InChI is InChI=1S/C70H61N4O.Pt/c1-65(2,3)45-39-40-71-63(41-45)74-59-34-19-12-25-49(59)50-38-37-48(43-62(50)74)75-47-24-22-23-46(42-47)72-44-73(61-36-21-20-35-60(61)72)70-53-28-13-10-26-51(53)64(52-27-11-14-29-54(52)70)68(66(4,5)6)55-30-15-17-32-57(55)69(70,67(7,8)9)58-33-18-16-31-56(58)68;/h10-41,44,64H,1-9H3;/q-3;/i12D,19D,25D,34D;. The first-order valence-electron chi connectivity index (χ1n) is 28.3. The number of nitrogens with zero attached hydrogens (tertiary/aromatic N) is 4. The van der Waals surface area contributed by atoms with E-state index in [1.54, 1.807) is 10.8 Å². The van der Waals surface area contributed by atoms with Crippen molar-refractivity contribution < 1.29 is 31.3 Å². The van der Waals surface area contributed by atoms with Gasteiger partial charge in [-0.05, 0) is 102 Å². The molecule has 3 heterocycles. The summed E-state index contributed by atoms with van der Waals surface area (Å²) in [6.07, 6.45) is 1.75. The number of para-hydroxylation sites is 3. The van der Waals surface area contributed by atoms with Crippen LogP contribution in [0.25, 0.3) is 27.6 Å². The van der Waals surface area contributed by atoms with E-state index in [4.69, 9.17) is 13.8 Å². The van der Waals surface area contributed by atoms with Crippen LogP contribution in [0.5, 0.6) is 11.5 Å². The van der Waals surface area contributed by atoms with E-state index in [0.29, 0.717) is 39.1 Å². The minimum Gasteiger partial charge on any atom is -0.509 e. The molecule has 0 spiro atoms. The monoisotopic (exact) mass is 1170 g/mol. The molecule has 6 aliphatic carbocycles. The van der Waals surface area contributed by atoms with Gasteiger partial charge in [0.1, 0.15) is 5.82 Å². The van der Waals surface area contributed by atoms with Gasteiger partial charge in [-0.1, -0.05) is 195 Å². The molecule has 0 N–H and O–H groups in total. The Morgan fingerprint density at radius 3 is 1.79 bits per heavy atom. The molecule has 0 atom stereocenters. The Balaban J connectivity index is 0.00000605. The second kappa shape index (κ2) is 16.6. The van der Waals surface area contributed by atoms with Gasteiger partial charge in [-0.15, -0.1) is 41.4 Å². The molecule has 6 heteroatoms. The molecule has 2 aromatic heterocycles. The number of rotatable bonds is 5. The van der Waals surface area contributed by atoms with Crippen LogP contribution >= 0.6 is 0 Å². The number of anilines is 3. The fraction of sp³-hybridized carbons (Fsp3) is 0.229. The Morgan fingerprint density at radius 2 is 1.16 bits per heavy atom. The van der Waals surface area contributed by atoms with Crippen molar-refractivity contribution in [1.29, 1.82) is 0 Å². The van der Waals surface area contributed by atoms with Crippen molar-refractivity contribution in [2.45, 2.75) is 90.0 Å². The third-order valence-electron chi connectivity index (χ3n) is 17.5. The van der Waals surface area contributed by atoms with E-state index in [1.165, 1.54) is 44.5 Å². The number of hydrogen-bond acceptors (Lipinski definition) is 4. The number of fused-ring (bicyclic) bond motifs is 4. The van der Waals surface area contributed by atoms with Gasteiger partial charge >= 0.3 is 0 Å². The van der Waals surface area contributed by atoms with Crippen LogP contribution in [0.4, 0.5) is 17.1 Å². The first-order chi connectivity index (χ1) is 37.8. The SMILES string of the molecule is [2H]c1c([2H])c([2H])c2c(c1[2H])c1ccc(Oc3[c-]c(N4[CH-]N(C56c7ccccc7C(c7ccccc75)C5(C(C)(C)C)c7ccccc7C6(C(C)(C)C)c6ccccc65)c5ccccc54)ccc3)[c-]c1n2-c1cc(C(C)(C)C)ccn1.[Pt]. The van der Waals surface area contributed by atoms with Crippen molar-refractivity contribution >= 4 is 38.9 Å². The van der Waals surface area contributed by atoms with Gasteiger partial charge in [0.25, 0.3) is 0 Å². The van der Waals surface area contributed by atoms with Crippen LogP contribution in [0.15, 0.2) is 194 Å². The molecule has 0 radical (unpaired) electrons. The molecule has 10 aromatic rings. The molecule has 7 aliphatic rings. The van der Waals surface area contributed by atoms with Gasteiger partial charge in [-0.3, -0.25) is 0 Å². The van der Waals surface area contributed by atoms with E-state index in [2.05, 4.69) is 218 Å². The quantitative estimate of drug-likeness (QED) is 0.161. The first-order valence-corrected chi connectivity index (χ1v) is 26.3. The van der Waals surface area contributed by atoms with Gasteiger partial charge in [-0.25, -0.2) is 4.98 Å². The summed E-state index contributed by atoms with van der Waals surface area (Å²) >= 11 is 0. The minimum absolute atomic E-state index is 0. The number of aromatic nitrogens is 2. The van der Waals surface area contributed by atoms with Crippen LogP contribution in [0.2, 0.25) is 0 Å². The maximum Gasteiger partial charge on any atom is 0.135 e. The van der Waals surface area contributed by atoms with Gasteiger partial charge in [0.2, 0.25) is 0 Å². The van der Waals surface area contributed by atoms with Crippen molar-refractivity contribution in [1.82, 2.24) is 9.55 Å². The van der Waals surface area contributed by atoms with Crippen molar-refractivity contribution in [3.63, 3.8) is 0 Å². The van der Waals surface area contributed by atoms with E-state index in [9.17, 15) is 1.37 Å². The maximum atomic E-state index is 9.17. The molecule has 17 rings (SSSR count). The molecule has 4 bridgehead atoms. The first kappa shape index (κ1) is 44.0. The topological polar surface area (TPSA) is 33.5 Å². The molecule has 76 heavy (non-hydrogen) atoms. The number of hydrogen-bond donors (Lipinski definition) is 0. The summed E-state index contributed by atoms with van der Waals surface area (Å²) in [5, 5.41) is 1.02. The maximum absolute atomic E-state index is 9.17. The fourth-order valence-electron chi connectivity index (χ4n) is 14.9. The summed E-state index contributed by atoms with van der Waals surface area (Å²) in [6, 6.07) is 66.4. The molecule has 8 aromatic carbocycles. The molecule has 0 saturated carbocycles. The Labute approximate surface area is 468 Å². The Hall–Kier alpha value is -7.20.